The molecule has 0 aliphatic heterocycles. The summed E-state index contributed by atoms with van der Waals surface area (Å²) in [6.45, 7) is 5.17. The summed E-state index contributed by atoms with van der Waals surface area (Å²) in [4.78, 5) is 0. The molecule has 0 fully saturated rings. The van der Waals surface area contributed by atoms with E-state index in [1.807, 2.05) is 6.92 Å². The van der Waals surface area contributed by atoms with E-state index in [-0.39, 0.29) is 6.04 Å². The fourth-order valence-electron chi connectivity index (χ4n) is 3.58. The SMILES string of the molecule is CCCCCCCCCCCCCCCCOc1ccc(CC(C)N)cc1. The van der Waals surface area contributed by atoms with Crippen LogP contribution in [0.3, 0.4) is 0 Å². The molecule has 2 N–H and O–H groups in total. The van der Waals surface area contributed by atoms with Gasteiger partial charge in [-0.05, 0) is 37.5 Å². The van der Waals surface area contributed by atoms with Crippen molar-refractivity contribution in [2.45, 2.75) is 116 Å². The van der Waals surface area contributed by atoms with Crippen molar-refractivity contribution in [3.63, 3.8) is 0 Å². The lowest BCUT2D eigenvalue weighted by molar-refractivity contribution is 0.304. The Morgan fingerprint density at radius 2 is 1.15 bits per heavy atom. The molecule has 1 atom stereocenters. The van der Waals surface area contributed by atoms with Crippen LogP contribution < -0.4 is 10.5 Å². The van der Waals surface area contributed by atoms with Crippen molar-refractivity contribution < 1.29 is 4.74 Å². The van der Waals surface area contributed by atoms with Crippen molar-refractivity contribution in [2.75, 3.05) is 6.61 Å². The zero-order chi connectivity index (χ0) is 19.6. The molecule has 156 valence electrons. The number of ether oxygens (including phenoxy) is 1. The van der Waals surface area contributed by atoms with Crippen molar-refractivity contribution in [3.05, 3.63) is 29.8 Å². The first-order chi connectivity index (χ1) is 13.2. The minimum atomic E-state index is 0.215. The average Bonchev–Trinajstić information content (AvgIpc) is 2.66. The van der Waals surface area contributed by atoms with Gasteiger partial charge in [0.15, 0.2) is 0 Å². The number of nitrogens with two attached hydrogens (primary N) is 1. The van der Waals surface area contributed by atoms with Gasteiger partial charge in [0.2, 0.25) is 0 Å². The number of hydrogen-bond acceptors (Lipinski definition) is 2. The summed E-state index contributed by atoms with van der Waals surface area (Å²) in [5, 5.41) is 0. The van der Waals surface area contributed by atoms with Gasteiger partial charge in [0, 0.05) is 6.04 Å². The molecule has 0 heterocycles. The third kappa shape index (κ3) is 14.7. The first-order valence-corrected chi connectivity index (χ1v) is 11.7. The summed E-state index contributed by atoms with van der Waals surface area (Å²) < 4.78 is 5.84. The highest BCUT2D eigenvalue weighted by Crippen LogP contribution is 2.15. The maximum atomic E-state index is 5.84. The summed E-state index contributed by atoms with van der Waals surface area (Å²) in [5.74, 6) is 0.984. The van der Waals surface area contributed by atoms with E-state index in [4.69, 9.17) is 10.5 Å². The van der Waals surface area contributed by atoms with Gasteiger partial charge < -0.3 is 10.5 Å². The van der Waals surface area contributed by atoms with Gasteiger partial charge in [-0.3, -0.25) is 0 Å². The summed E-state index contributed by atoms with van der Waals surface area (Å²) in [5.41, 5.74) is 7.12. The molecule has 0 aliphatic carbocycles. The average molecular weight is 376 g/mol. The van der Waals surface area contributed by atoms with E-state index >= 15 is 0 Å². The van der Waals surface area contributed by atoms with E-state index in [0.29, 0.717) is 0 Å². The van der Waals surface area contributed by atoms with Gasteiger partial charge in [0.1, 0.15) is 5.75 Å². The number of rotatable bonds is 18. The topological polar surface area (TPSA) is 35.2 Å². The summed E-state index contributed by atoms with van der Waals surface area (Å²) in [6, 6.07) is 8.61. The van der Waals surface area contributed by atoms with Crippen LogP contribution >= 0.6 is 0 Å². The molecule has 0 aromatic heterocycles. The molecule has 0 bridgehead atoms. The Morgan fingerprint density at radius 1 is 0.704 bits per heavy atom. The number of hydrogen-bond donors (Lipinski definition) is 1. The molecular formula is C25H45NO. The van der Waals surface area contributed by atoms with Crippen LogP contribution in [0.2, 0.25) is 0 Å². The van der Waals surface area contributed by atoms with Crippen LogP contribution in [0.4, 0.5) is 0 Å². The Hall–Kier alpha value is -1.02. The fraction of sp³-hybridized carbons (Fsp3) is 0.760. The monoisotopic (exact) mass is 375 g/mol. The third-order valence-corrected chi connectivity index (χ3v) is 5.25. The quantitative estimate of drug-likeness (QED) is 0.271. The second-order valence-corrected chi connectivity index (χ2v) is 8.27. The lowest BCUT2D eigenvalue weighted by atomic mass is 10.0. The van der Waals surface area contributed by atoms with Crippen molar-refractivity contribution in [2.24, 2.45) is 5.73 Å². The van der Waals surface area contributed by atoms with Gasteiger partial charge in [0.25, 0.3) is 0 Å². The van der Waals surface area contributed by atoms with Gasteiger partial charge in [-0.15, -0.1) is 0 Å². The molecule has 2 nitrogen and oxygen atoms in total. The Labute approximate surface area is 169 Å². The first-order valence-electron chi connectivity index (χ1n) is 11.7. The lowest BCUT2D eigenvalue weighted by Crippen LogP contribution is -2.17. The highest BCUT2D eigenvalue weighted by Gasteiger charge is 1.99. The third-order valence-electron chi connectivity index (χ3n) is 5.25. The van der Waals surface area contributed by atoms with E-state index in [0.717, 1.165) is 18.8 Å². The summed E-state index contributed by atoms with van der Waals surface area (Å²) in [7, 11) is 0. The van der Waals surface area contributed by atoms with Gasteiger partial charge >= 0.3 is 0 Å². The Bertz CT molecular complexity index is 426. The van der Waals surface area contributed by atoms with Crippen molar-refractivity contribution in [1.82, 2.24) is 0 Å². The Kier molecular flexibility index (Phi) is 15.2. The lowest BCUT2D eigenvalue weighted by Gasteiger charge is -2.08. The summed E-state index contributed by atoms with van der Waals surface area (Å²) >= 11 is 0. The molecule has 0 saturated carbocycles. The fourth-order valence-corrected chi connectivity index (χ4v) is 3.58. The standard InChI is InChI=1S/C25H45NO/c1-3-4-5-6-7-8-9-10-11-12-13-14-15-16-21-27-25-19-17-24(18-20-25)22-23(2)26/h17-20,23H,3-16,21-22,26H2,1-2H3. The predicted octanol–water partition coefficient (Wildman–Crippen LogP) is 7.44. The van der Waals surface area contributed by atoms with Crippen LogP contribution in [-0.2, 0) is 6.42 Å². The highest BCUT2D eigenvalue weighted by atomic mass is 16.5. The second-order valence-electron chi connectivity index (χ2n) is 8.27. The van der Waals surface area contributed by atoms with Gasteiger partial charge in [-0.2, -0.15) is 0 Å². The van der Waals surface area contributed by atoms with Crippen LogP contribution in [0.5, 0.6) is 5.75 Å². The molecule has 1 aromatic carbocycles. The molecule has 0 spiro atoms. The van der Waals surface area contributed by atoms with Crippen LogP contribution in [0, 0.1) is 0 Å². The van der Waals surface area contributed by atoms with Crippen molar-refractivity contribution in [3.8, 4) is 5.75 Å². The zero-order valence-electron chi connectivity index (χ0n) is 18.2. The largest absolute Gasteiger partial charge is 0.494 e. The van der Waals surface area contributed by atoms with Gasteiger partial charge in [0.05, 0.1) is 6.61 Å². The van der Waals surface area contributed by atoms with Crippen molar-refractivity contribution >= 4 is 0 Å². The van der Waals surface area contributed by atoms with Gasteiger partial charge in [-0.1, -0.05) is 103 Å². The van der Waals surface area contributed by atoms with Crippen LogP contribution in [0.1, 0.15) is 109 Å². The van der Waals surface area contributed by atoms with E-state index in [1.165, 1.54) is 95.5 Å². The molecular weight excluding hydrogens is 330 g/mol. The minimum Gasteiger partial charge on any atom is -0.494 e. The molecule has 27 heavy (non-hydrogen) atoms. The van der Waals surface area contributed by atoms with Gasteiger partial charge in [-0.25, -0.2) is 0 Å². The highest BCUT2D eigenvalue weighted by molar-refractivity contribution is 5.27. The number of benzene rings is 1. The van der Waals surface area contributed by atoms with Crippen LogP contribution in [0.15, 0.2) is 24.3 Å². The molecule has 0 saturated heterocycles. The van der Waals surface area contributed by atoms with E-state index in [1.54, 1.807) is 0 Å². The molecule has 0 aliphatic rings. The molecule has 1 rings (SSSR count). The summed E-state index contributed by atoms with van der Waals surface area (Å²) in [6.07, 6.45) is 20.4. The minimum absolute atomic E-state index is 0.215. The Balaban J connectivity index is 1.84. The normalized spacial score (nSPS) is 12.3. The van der Waals surface area contributed by atoms with E-state index < -0.39 is 0 Å². The Morgan fingerprint density at radius 3 is 1.59 bits per heavy atom. The zero-order valence-corrected chi connectivity index (χ0v) is 18.2. The maximum Gasteiger partial charge on any atom is 0.119 e. The van der Waals surface area contributed by atoms with E-state index in [9.17, 15) is 0 Å². The van der Waals surface area contributed by atoms with E-state index in [2.05, 4.69) is 31.2 Å². The molecule has 0 amide bonds. The molecule has 0 radical (unpaired) electrons. The first kappa shape index (κ1) is 24.0. The predicted molar refractivity (Wildman–Crippen MR) is 120 cm³/mol. The molecule has 1 unspecified atom stereocenters. The van der Waals surface area contributed by atoms with Crippen LogP contribution in [0.25, 0.3) is 0 Å². The smallest absolute Gasteiger partial charge is 0.119 e. The van der Waals surface area contributed by atoms with Crippen LogP contribution in [-0.4, -0.2) is 12.6 Å². The second kappa shape index (κ2) is 17.1. The maximum absolute atomic E-state index is 5.84. The molecule has 1 aromatic rings. The number of unbranched alkanes of at least 4 members (excludes halogenated alkanes) is 13. The van der Waals surface area contributed by atoms with Crippen molar-refractivity contribution in [1.29, 1.82) is 0 Å². The molecule has 2 heteroatoms.